The van der Waals surface area contributed by atoms with E-state index >= 15 is 0 Å². The first-order valence-corrected chi connectivity index (χ1v) is 6.80. The summed E-state index contributed by atoms with van der Waals surface area (Å²) in [5.74, 6) is -1.67. The Balaban J connectivity index is 2.15. The highest BCUT2D eigenvalue weighted by molar-refractivity contribution is 5.92. The van der Waals surface area contributed by atoms with Crippen molar-refractivity contribution in [1.82, 2.24) is 20.4 Å². The Labute approximate surface area is 127 Å². The molecule has 0 bridgehead atoms. The number of aromatic nitrogens is 2. The normalized spacial score (nSPS) is 12.5. The molecule has 1 atom stereocenters. The molecule has 0 aliphatic heterocycles. The van der Waals surface area contributed by atoms with Gasteiger partial charge in [0.25, 0.3) is 5.91 Å². The third-order valence-electron chi connectivity index (χ3n) is 3.35. The summed E-state index contributed by atoms with van der Waals surface area (Å²) in [6.45, 7) is 1.84. The number of benzene rings is 1. The zero-order chi connectivity index (χ0) is 16.3. The number of amides is 1. The first-order chi connectivity index (χ1) is 10.4. The second-order valence-electron chi connectivity index (χ2n) is 5.26. The highest BCUT2D eigenvalue weighted by atomic mass is 19.1. The summed E-state index contributed by atoms with van der Waals surface area (Å²) in [7, 11) is 3.39. The molecule has 2 aromatic rings. The summed E-state index contributed by atoms with van der Waals surface area (Å²) in [4.78, 5) is 13.6. The fourth-order valence-electron chi connectivity index (χ4n) is 2.19. The minimum absolute atomic E-state index is 0.0639. The number of carbonyl (C=O) groups is 1. The van der Waals surface area contributed by atoms with Crippen LogP contribution in [0.15, 0.2) is 24.3 Å². The lowest BCUT2D eigenvalue weighted by molar-refractivity contribution is 0.0935. The molecule has 2 rings (SSSR count). The van der Waals surface area contributed by atoms with Gasteiger partial charge < -0.3 is 10.2 Å². The topological polar surface area (TPSA) is 61.0 Å². The van der Waals surface area contributed by atoms with Crippen LogP contribution in [0.3, 0.4) is 0 Å². The second-order valence-corrected chi connectivity index (χ2v) is 5.26. The minimum Gasteiger partial charge on any atom is -0.349 e. The molecule has 1 heterocycles. The molecule has 1 amide bonds. The standard InChI is InChI=1S/C15H18F2N4O/c1-9-7-12(20-19-9)15(22)18-8-13(21(2)3)14-10(16)5-4-6-11(14)17/h4-7,13H,8H2,1-3H3,(H,18,22)(H,19,20)/t13-/m1/s1. The number of halogens is 2. The van der Waals surface area contributed by atoms with E-state index in [-0.39, 0.29) is 17.8 Å². The molecule has 0 saturated carbocycles. The molecule has 0 aliphatic rings. The van der Waals surface area contributed by atoms with Gasteiger partial charge in [0.2, 0.25) is 0 Å². The van der Waals surface area contributed by atoms with Gasteiger partial charge in [-0.05, 0) is 39.2 Å². The van der Waals surface area contributed by atoms with E-state index in [0.29, 0.717) is 0 Å². The van der Waals surface area contributed by atoms with Crippen molar-refractivity contribution in [2.75, 3.05) is 20.6 Å². The molecule has 0 saturated heterocycles. The summed E-state index contributed by atoms with van der Waals surface area (Å²) in [5.41, 5.74) is 0.935. The van der Waals surface area contributed by atoms with E-state index in [4.69, 9.17) is 0 Å². The van der Waals surface area contributed by atoms with Gasteiger partial charge in [-0.15, -0.1) is 0 Å². The lowest BCUT2D eigenvalue weighted by Crippen LogP contribution is -2.35. The first kappa shape index (κ1) is 16.1. The van der Waals surface area contributed by atoms with Crippen molar-refractivity contribution in [3.63, 3.8) is 0 Å². The number of nitrogens with zero attached hydrogens (tertiary/aromatic N) is 2. The summed E-state index contributed by atoms with van der Waals surface area (Å²) in [6.07, 6.45) is 0. The van der Waals surface area contributed by atoms with Crippen LogP contribution in [-0.4, -0.2) is 41.6 Å². The van der Waals surface area contributed by atoms with Gasteiger partial charge in [0, 0.05) is 17.8 Å². The minimum atomic E-state index is -0.636. The van der Waals surface area contributed by atoms with E-state index in [1.165, 1.54) is 18.2 Å². The second kappa shape index (κ2) is 6.65. The molecule has 5 nitrogen and oxygen atoms in total. The number of aromatic amines is 1. The summed E-state index contributed by atoms with van der Waals surface area (Å²) in [6, 6.07) is 4.70. The number of likely N-dealkylation sites (N-methyl/N-ethyl adjacent to an activating group) is 1. The van der Waals surface area contributed by atoms with E-state index in [9.17, 15) is 13.6 Å². The van der Waals surface area contributed by atoms with Crippen molar-refractivity contribution < 1.29 is 13.6 Å². The predicted molar refractivity (Wildman–Crippen MR) is 78.4 cm³/mol. The number of hydrogen-bond donors (Lipinski definition) is 2. The molecule has 0 aliphatic carbocycles. The van der Waals surface area contributed by atoms with Crippen molar-refractivity contribution in [3.05, 3.63) is 52.9 Å². The van der Waals surface area contributed by atoms with E-state index in [0.717, 1.165) is 5.69 Å². The number of carbonyl (C=O) groups excluding carboxylic acids is 1. The summed E-state index contributed by atoms with van der Waals surface area (Å²) in [5, 5.41) is 9.17. The summed E-state index contributed by atoms with van der Waals surface area (Å²) < 4.78 is 27.8. The van der Waals surface area contributed by atoms with Crippen LogP contribution in [0, 0.1) is 18.6 Å². The third-order valence-corrected chi connectivity index (χ3v) is 3.35. The highest BCUT2D eigenvalue weighted by Crippen LogP contribution is 2.23. The maximum Gasteiger partial charge on any atom is 0.271 e. The maximum atomic E-state index is 13.9. The molecule has 0 radical (unpaired) electrons. The van der Waals surface area contributed by atoms with Crippen LogP contribution >= 0.6 is 0 Å². The van der Waals surface area contributed by atoms with E-state index in [1.807, 2.05) is 0 Å². The van der Waals surface area contributed by atoms with E-state index in [2.05, 4.69) is 15.5 Å². The van der Waals surface area contributed by atoms with Gasteiger partial charge in [-0.2, -0.15) is 5.10 Å². The monoisotopic (exact) mass is 308 g/mol. The van der Waals surface area contributed by atoms with Crippen LogP contribution in [0.25, 0.3) is 0 Å². The zero-order valence-electron chi connectivity index (χ0n) is 12.7. The molecule has 1 aromatic heterocycles. The molecular formula is C15H18F2N4O. The lowest BCUT2D eigenvalue weighted by Gasteiger charge is -2.25. The Kier molecular flexibility index (Phi) is 4.87. The SMILES string of the molecule is Cc1cc(C(=O)NC[C@H](c2c(F)cccc2F)N(C)C)n[nH]1. The largest absolute Gasteiger partial charge is 0.349 e. The molecule has 118 valence electrons. The Morgan fingerprint density at radius 3 is 2.50 bits per heavy atom. The van der Waals surface area contributed by atoms with Crippen molar-refractivity contribution >= 4 is 5.91 Å². The maximum absolute atomic E-state index is 13.9. The highest BCUT2D eigenvalue weighted by Gasteiger charge is 2.23. The van der Waals surface area contributed by atoms with Crippen molar-refractivity contribution in [1.29, 1.82) is 0 Å². The Bertz CT molecular complexity index is 649. The van der Waals surface area contributed by atoms with Gasteiger partial charge in [0.15, 0.2) is 0 Å². The average molecular weight is 308 g/mol. The number of aryl methyl sites for hydroxylation is 1. The van der Waals surface area contributed by atoms with Crippen LogP contribution < -0.4 is 5.32 Å². The molecule has 7 heteroatoms. The Hall–Kier alpha value is -2.28. The van der Waals surface area contributed by atoms with Crippen LogP contribution in [0.1, 0.15) is 27.8 Å². The lowest BCUT2D eigenvalue weighted by atomic mass is 10.0. The fraction of sp³-hybridized carbons (Fsp3) is 0.333. The number of hydrogen-bond acceptors (Lipinski definition) is 3. The van der Waals surface area contributed by atoms with E-state index in [1.54, 1.807) is 32.0 Å². The van der Waals surface area contributed by atoms with Crippen LogP contribution in [0.2, 0.25) is 0 Å². The van der Waals surface area contributed by atoms with Crippen LogP contribution in [-0.2, 0) is 0 Å². The van der Waals surface area contributed by atoms with Gasteiger partial charge in [0.1, 0.15) is 17.3 Å². The smallest absolute Gasteiger partial charge is 0.271 e. The molecule has 0 spiro atoms. The molecule has 0 unspecified atom stereocenters. The Morgan fingerprint density at radius 1 is 1.36 bits per heavy atom. The van der Waals surface area contributed by atoms with Gasteiger partial charge in [0.05, 0.1) is 6.04 Å². The van der Waals surface area contributed by atoms with Gasteiger partial charge in [-0.25, -0.2) is 8.78 Å². The van der Waals surface area contributed by atoms with Gasteiger partial charge >= 0.3 is 0 Å². The number of rotatable bonds is 5. The Morgan fingerprint density at radius 2 is 2.00 bits per heavy atom. The third kappa shape index (κ3) is 3.48. The quantitative estimate of drug-likeness (QED) is 0.888. The van der Waals surface area contributed by atoms with Crippen LogP contribution in [0.5, 0.6) is 0 Å². The zero-order valence-corrected chi connectivity index (χ0v) is 12.7. The molecule has 22 heavy (non-hydrogen) atoms. The molecule has 2 N–H and O–H groups in total. The number of H-pyrrole nitrogens is 1. The molecular weight excluding hydrogens is 290 g/mol. The van der Waals surface area contributed by atoms with E-state index < -0.39 is 23.6 Å². The first-order valence-electron chi connectivity index (χ1n) is 6.80. The molecule has 0 fully saturated rings. The van der Waals surface area contributed by atoms with Gasteiger partial charge in [-0.3, -0.25) is 9.89 Å². The average Bonchev–Trinajstić information content (AvgIpc) is 2.88. The van der Waals surface area contributed by atoms with Crippen molar-refractivity contribution in [3.8, 4) is 0 Å². The fourth-order valence-corrected chi connectivity index (χ4v) is 2.19. The van der Waals surface area contributed by atoms with Crippen LogP contribution in [0.4, 0.5) is 8.78 Å². The van der Waals surface area contributed by atoms with Gasteiger partial charge in [-0.1, -0.05) is 6.07 Å². The summed E-state index contributed by atoms with van der Waals surface area (Å²) >= 11 is 0. The van der Waals surface area contributed by atoms with Crippen molar-refractivity contribution in [2.24, 2.45) is 0 Å². The number of nitrogens with one attached hydrogen (secondary N) is 2. The predicted octanol–water partition coefficient (Wildman–Crippen LogP) is 2.03. The molecule has 1 aromatic carbocycles. The van der Waals surface area contributed by atoms with Crippen molar-refractivity contribution in [2.45, 2.75) is 13.0 Å².